The first kappa shape index (κ1) is 13.3. The summed E-state index contributed by atoms with van der Waals surface area (Å²) in [7, 11) is 0. The van der Waals surface area contributed by atoms with Crippen LogP contribution in [-0.2, 0) is 0 Å². The molecule has 3 heteroatoms. The molecule has 0 aliphatic carbocycles. The van der Waals surface area contributed by atoms with Crippen LogP contribution in [0.1, 0.15) is 49.6 Å². The van der Waals surface area contributed by atoms with Crippen molar-refractivity contribution in [3.05, 3.63) is 40.0 Å². The van der Waals surface area contributed by atoms with Crippen LogP contribution in [0.3, 0.4) is 0 Å². The topological polar surface area (TPSA) is 38.9 Å². The number of fused-ring (bicyclic) bond motifs is 1. The van der Waals surface area contributed by atoms with Crippen LogP contribution in [0.25, 0.3) is 10.9 Å². The highest BCUT2D eigenvalue weighted by molar-refractivity contribution is 6.32. The van der Waals surface area contributed by atoms with E-state index >= 15 is 0 Å². The van der Waals surface area contributed by atoms with Crippen LogP contribution in [0.4, 0.5) is 0 Å². The normalized spacial score (nSPS) is 13.3. The quantitative estimate of drug-likeness (QED) is 0.874. The van der Waals surface area contributed by atoms with Crippen LogP contribution < -0.4 is 5.73 Å². The van der Waals surface area contributed by atoms with Crippen molar-refractivity contribution < 1.29 is 0 Å². The Labute approximate surface area is 113 Å². The lowest BCUT2D eigenvalue weighted by Crippen LogP contribution is -2.08. The summed E-state index contributed by atoms with van der Waals surface area (Å²) in [4.78, 5) is 4.74. The molecule has 96 valence electrons. The lowest BCUT2D eigenvalue weighted by molar-refractivity contribution is 0.794. The molecule has 0 saturated carbocycles. The number of nitrogens with zero attached hydrogens (tertiary/aromatic N) is 1. The minimum Gasteiger partial charge on any atom is -0.324 e. The molecule has 2 rings (SSSR count). The number of pyridine rings is 1. The van der Waals surface area contributed by atoms with Gasteiger partial charge in [0.2, 0.25) is 0 Å². The maximum absolute atomic E-state index is 6.18. The summed E-state index contributed by atoms with van der Waals surface area (Å²) in [5.74, 6) is 0.380. The zero-order valence-corrected chi connectivity index (χ0v) is 12.0. The third-order valence-electron chi connectivity index (χ3n) is 3.30. The molecule has 2 N–H and O–H groups in total. The number of hydrogen-bond donors (Lipinski definition) is 1. The first-order valence-electron chi connectivity index (χ1n) is 6.27. The minimum atomic E-state index is -0.00595. The van der Waals surface area contributed by atoms with E-state index in [1.165, 1.54) is 0 Å². The standard InChI is InChI=1S/C15H19ClN2/c1-8(2)14-7-12(10(4)17)11-5-6-13(16)9(3)15(11)18-14/h5-8,10H,17H2,1-4H3. The van der Waals surface area contributed by atoms with Gasteiger partial charge in [-0.1, -0.05) is 31.5 Å². The van der Waals surface area contributed by atoms with Crippen molar-refractivity contribution >= 4 is 22.5 Å². The van der Waals surface area contributed by atoms with Gasteiger partial charge in [0.1, 0.15) is 0 Å². The average Bonchev–Trinajstić information content (AvgIpc) is 2.32. The molecule has 1 aromatic carbocycles. The van der Waals surface area contributed by atoms with Gasteiger partial charge in [-0.2, -0.15) is 0 Å². The summed E-state index contributed by atoms with van der Waals surface area (Å²) in [6.07, 6.45) is 0. The Bertz CT molecular complexity index is 589. The van der Waals surface area contributed by atoms with E-state index in [1.807, 2.05) is 26.0 Å². The van der Waals surface area contributed by atoms with E-state index in [-0.39, 0.29) is 6.04 Å². The first-order chi connectivity index (χ1) is 8.41. The molecular formula is C15H19ClN2. The van der Waals surface area contributed by atoms with Crippen molar-refractivity contribution in [2.45, 2.75) is 39.7 Å². The molecule has 2 nitrogen and oxygen atoms in total. The fourth-order valence-electron chi connectivity index (χ4n) is 2.12. The molecule has 1 unspecified atom stereocenters. The Morgan fingerprint density at radius 3 is 2.44 bits per heavy atom. The van der Waals surface area contributed by atoms with Gasteiger partial charge in [0.25, 0.3) is 0 Å². The largest absolute Gasteiger partial charge is 0.324 e. The zero-order chi connectivity index (χ0) is 13.4. The molecule has 1 atom stereocenters. The summed E-state index contributed by atoms with van der Waals surface area (Å²) < 4.78 is 0. The molecule has 0 spiro atoms. The van der Waals surface area contributed by atoms with Crippen molar-refractivity contribution in [1.82, 2.24) is 4.98 Å². The van der Waals surface area contributed by atoms with Crippen molar-refractivity contribution in [2.24, 2.45) is 5.73 Å². The molecule has 0 radical (unpaired) electrons. The predicted octanol–water partition coefficient (Wildman–Crippen LogP) is 4.34. The second-order valence-electron chi connectivity index (χ2n) is 5.15. The van der Waals surface area contributed by atoms with Crippen molar-refractivity contribution in [1.29, 1.82) is 0 Å². The summed E-state index contributed by atoms with van der Waals surface area (Å²) in [6.45, 7) is 8.29. The second-order valence-corrected chi connectivity index (χ2v) is 5.56. The van der Waals surface area contributed by atoms with Gasteiger partial charge in [0, 0.05) is 22.1 Å². The molecule has 0 aliphatic rings. The maximum atomic E-state index is 6.18. The van der Waals surface area contributed by atoms with Crippen LogP contribution in [-0.4, -0.2) is 4.98 Å². The number of rotatable bonds is 2. The molecular weight excluding hydrogens is 244 g/mol. The Morgan fingerprint density at radius 2 is 1.89 bits per heavy atom. The van der Waals surface area contributed by atoms with Crippen molar-refractivity contribution in [2.75, 3.05) is 0 Å². The van der Waals surface area contributed by atoms with E-state index < -0.39 is 0 Å². The number of benzene rings is 1. The van der Waals surface area contributed by atoms with Crippen LogP contribution in [0.15, 0.2) is 18.2 Å². The van der Waals surface area contributed by atoms with Crippen LogP contribution in [0.5, 0.6) is 0 Å². The summed E-state index contributed by atoms with van der Waals surface area (Å²) in [5, 5.41) is 1.86. The number of aryl methyl sites for hydroxylation is 1. The highest BCUT2D eigenvalue weighted by Gasteiger charge is 2.13. The Morgan fingerprint density at radius 1 is 1.22 bits per heavy atom. The smallest absolute Gasteiger partial charge is 0.0752 e. The molecule has 0 bridgehead atoms. The third kappa shape index (κ3) is 2.23. The fourth-order valence-corrected chi connectivity index (χ4v) is 2.28. The van der Waals surface area contributed by atoms with E-state index in [2.05, 4.69) is 19.9 Å². The fraction of sp³-hybridized carbons (Fsp3) is 0.400. The molecule has 1 aromatic heterocycles. The van der Waals surface area contributed by atoms with Gasteiger partial charge in [-0.3, -0.25) is 4.98 Å². The monoisotopic (exact) mass is 262 g/mol. The summed E-state index contributed by atoms with van der Waals surface area (Å²) >= 11 is 6.18. The highest BCUT2D eigenvalue weighted by atomic mass is 35.5. The van der Waals surface area contributed by atoms with Crippen LogP contribution >= 0.6 is 11.6 Å². The Balaban J connectivity index is 2.85. The molecule has 0 aliphatic heterocycles. The maximum Gasteiger partial charge on any atom is 0.0752 e. The third-order valence-corrected chi connectivity index (χ3v) is 3.71. The average molecular weight is 263 g/mol. The van der Waals surface area contributed by atoms with Gasteiger partial charge in [-0.15, -0.1) is 0 Å². The van der Waals surface area contributed by atoms with Gasteiger partial charge < -0.3 is 5.73 Å². The van der Waals surface area contributed by atoms with E-state index in [4.69, 9.17) is 22.3 Å². The van der Waals surface area contributed by atoms with E-state index in [9.17, 15) is 0 Å². The van der Waals surface area contributed by atoms with Gasteiger partial charge in [-0.25, -0.2) is 0 Å². The van der Waals surface area contributed by atoms with Crippen molar-refractivity contribution in [3.8, 4) is 0 Å². The molecule has 0 amide bonds. The number of hydrogen-bond acceptors (Lipinski definition) is 2. The molecule has 0 fully saturated rings. The number of aromatic nitrogens is 1. The van der Waals surface area contributed by atoms with Crippen molar-refractivity contribution in [3.63, 3.8) is 0 Å². The minimum absolute atomic E-state index is 0.00595. The van der Waals surface area contributed by atoms with Crippen LogP contribution in [0, 0.1) is 6.92 Å². The number of nitrogens with two attached hydrogens (primary N) is 1. The highest BCUT2D eigenvalue weighted by Crippen LogP contribution is 2.30. The van der Waals surface area contributed by atoms with E-state index in [0.717, 1.165) is 32.7 Å². The predicted molar refractivity (Wildman–Crippen MR) is 78.2 cm³/mol. The second kappa shape index (κ2) is 4.87. The first-order valence-corrected chi connectivity index (χ1v) is 6.64. The van der Waals surface area contributed by atoms with E-state index in [1.54, 1.807) is 0 Å². The zero-order valence-electron chi connectivity index (χ0n) is 11.3. The van der Waals surface area contributed by atoms with Gasteiger partial charge in [0.15, 0.2) is 0 Å². The van der Waals surface area contributed by atoms with Gasteiger partial charge >= 0.3 is 0 Å². The Hall–Kier alpha value is -1.12. The Kier molecular flexibility index (Phi) is 3.60. The summed E-state index contributed by atoms with van der Waals surface area (Å²) in [5.41, 5.74) is 10.3. The molecule has 0 saturated heterocycles. The summed E-state index contributed by atoms with van der Waals surface area (Å²) in [6, 6.07) is 6.04. The van der Waals surface area contributed by atoms with E-state index in [0.29, 0.717) is 5.92 Å². The molecule has 18 heavy (non-hydrogen) atoms. The van der Waals surface area contributed by atoms with Crippen LogP contribution in [0.2, 0.25) is 5.02 Å². The molecule has 2 aromatic rings. The lowest BCUT2D eigenvalue weighted by atomic mass is 9.97. The SMILES string of the molecule is Cc1c(Cl)ccc2c(C(C)N)cc(C(C)C)nc12. The lowest BCUT2D eigenvalue weighted by Gasteiger charge is -2.15. The number of halogens is 1. The van der Waals surface area contributed by atoms with Gasteiger partial charge in [0.05, 0.1) is 5.52 Å². The molecule has 1 heterocycles. The van der Waals surface area contributed by atoms with Gasteiger partial charge in [-0.05, 0) is 43.0 Å².